The van der Waals surface area contributed by atoms with Crippen LogP contribution in [0.2, 0.25) is 0 Å². The highest BCUT2D eigenvalue weighted by Gasteiger charge is 2.02. The molecular formula is C15H27IN4. The van der Waals surface area contributed by atoms with Gasteiger partial charge >= 0.3 is 0 Å². The van der Waals surface area contributed by atoms with Crippen molar-refractivity contribution < 1.29 is 0 Å². The molecule has 20 heavy (non-hydrogen) atoms. The van der Waals surface area contributed by atoms with Crippen molar-refractivity contribution in [1.82, 2.24) is 10.2 Å². The summed E-state index contributed by atoms with van der Waals surface area (Å²) in [4.78, 5) is 6.55. The van der Waals surface area contributed by atoms with Crippen molar-refractivity contribution in [3.8, 4) is 0 Å². The number of nitrogens with zero attached hydrogens (tertiary/aromatic N) is 2. The summed E-state index contributed by atoms with van der Waals surface area (Å²) in [5, 5.41) is 3.13. The van der Waals surface area contributed by atoms with Gasteiger partial charge in [0, 0.05) is 13.1 Å². The lowest BCUT2D eigenvalue weighted by molar-refractivity contribution is 0.401. The first-order valence-electron chi connectivity index (χ1n) is 6.74. The average molecular weight is 390 g/mol. The molecule has 0 aliphatic carbocycles. The number of halogens is 1. The molecule has 0 bridgehead atoms. The van der Waals surface area contributed by atoms with Crippen LogP contribution in [-0.2, 0) is 13.1 Å². The summed E-state index contributed by atoms with van der Waals surface area (Å²) in [6.45, 7) is 6.69. The minimum atomic E-state index is 0. The fourth-order valence-corrected chi connectivity index (χ4v) is 1.74. The van der Waals surface area contributed by atoms with Crippen molar-refractivity contribution in [1.29, 1.82) is 0 Å². The summed E-state index contributed by atoms with van der Waals surface area (Å²) in [5.74, 6) is 1.09. The standard InChI is InChI=1S/C15H26N4.HI/c1-12(2)9-17-15(16)18-10-13-7-5-6-8-14(13)11-19(3)4;/h5-8,12H,9-11H2,1-4H3,(H3,16,17,18);1H. The van der Waals surface area contributed by atoms with E-state index in [4.69, 9.17) is 5.73 Å². The quantitative estimate of drug-likeness (QED) is 0.446. The van der Waals surface area contributed by atoms with Crippen molar-refractivity contribution in [2.24, 2.45) is 16.6 Å². The highest BCUT2D eigenvalue weighted by molar-refractivity contribution is 14.0. The molecule has 0 saturated heterocycles. The second kappa shape index (κ2) is 9.99. The van der Waals surface area contributed by atoms with Gasteiger partial charge in [-0.1, -0.05) is 38.1 Å². The summed E-state index contributed by atoms with van der Waals surface area (Å²) < 4.78 is 0. The fraction of sp³-hybridized carbons (Fsp3) is 0.533. The molecule has 0 heterocycles. The van der Waals surface area contributed by atoms with E-state index in [2.05, 4.69) is 61.4 Å². The second-order valence-corrected chi connectivity index (χ2v) is 5.48. The van der Waals surface area contributed by atoms with Crippen LogP contribution in [0.3, 0.4) is 0 Å². The Hall–Kier alpha value is -0.820. The zero-order chi connectivity index (χ0) is 14.3. The number of hydrogen-bond donors (Lipinski definition) is 2. The van der Waals surface area contributed by atoms with E-state index >= 15 is 0 Å². The molecule has 0 unspecified atom stereocenters. The first kappa shape index (κ1) is 19.2. The van der Waals surface area contributed by atoms with E-state index in [9.17, 15) is 0 Å². The molecule has 114 valence electrons. The maximum atomic E-state index is 5.85. The Morgan fingerprint density at radius 2 is 1.85 bits per heavy atom. The van der Waals surface area contributed by atoms with Crippen LogP contribution in [-0.4, -0.2) is 31.5 Å². The molecule has 0 aliphatic heterocycles. The van der Waals surface area contributed by atoms with Crippen LogP contribution < -0.4 is 11.1 Å². The van der Waals surface area contributed by atoms with Gasteiger partial charge in [-0.2, -0.15) is 0 Å². The summed E-state index contributed by atoms with van der Waals surface area (Å²) >= 11 is 0. The van der Waals surface area contributed by atoms with Gasteiger partial charge in [0.25, 0.3) is 0 Å². The molecule has 1 aromatic rings. The maximum absolute atomic E-state index is 5.85. The highest BCUT2D eigenvalue weighted by atomic mass is 127. The van der Waals surface area contributed by atoms with E-state index < -0.39 is 0 Å². The van der Waals surface area contributed by atoms with E-state index in [1.54, 1.807) is 0 Å². The SMILES string of the molecule is CC(C)CNC(N)=NCc1ccccc1CN(C)C.I. The molecule has 0 amide bonds. The Morgan fingerprint density at radius 1 is 1.25 bits per heavy atom. The van der Waals surface area contributed by atoms with Crippen LogP contribution in [0.5, 0.6) is 0 Å². The highest BCUT2D eigenvalue weighted by Crippen LogP contribution is 2.11. The Kier molecular flexibility index (Phi) is 9.58. The van der Waals surface area contributed by atoms with E-state index in [1.807, 2.05) is 6.07 Å². The molecule has 0 spiro atoms. The van der Waals surface area contributed by atoms with Gasteiger partial charge in [0.1, 0.15) is 0 Å². The average Bonchev–Trinajstić information content (AvgIpc) is 2.34. The van der Waals surface area contributed by atoms with Gasteiger partial charge in [-0.05, 0) is 31.1 Å². The number of nitrogens with one attached hydrogen (secondary N) is 1. The smallest absolute Gasteiger partial charge is 0.188 e. The largest absolute Gasteiger partial charge is 0.370 e. The fourth-order valence-electron chi connectivity index (χ4n) is 1.74. The molecule has 1 rings (SSSR count). The molecule has 0 saturated carbocycles. The lowest BCUT2D eigenvalue weighted by Crippen LogP contribution is -2.34. The van der Waals surface area contributed by atoms with E-state index in [0.717, 1.165) is 13.1 Å². The van der Waals surface area contributed by atoms with Gasteiger partial charge in [0.2, 0.25) is 0 Å². The zero-order valence-electron chi connectivity index (χ0n) is 12.9. The molecule has 0 aliphatic rings. The summed E-state index contributed by atoms with van der Waals surface area (Å²) in [5.41, 5.74) is 8.38. The number of benzene rings is 1. The third kappa shape index (κ3) is 7.69. The van der Waals surface area contributed by atoms with Gasteiger partial charge in [-0.15, -0.1) is 24.0 Å². The number of guanidine groups is 1. The van der Waals surface area contributed by atoms with E-state index in [-0.39, 0.29) is 24.0 Å². The second-order valence-electron chi connectivity index (χ2n) is 5.48. The molecule has 0 fully saturated rings. The molecule has 4 nitrogen and oxygen atoms in total. The van der Waals surface area contributed by atoms with Gasteiger partial charge in [0.15, 0.2) is 5.96 Å². The predicted octanol–water partition coefficient (Wildman–Crippen LogP) is 2.43. The van der Waals surface area contributed by atoms with Crippen molar-refractivity contribution >= 4 is 29.9 Å². The molecule has 1 aromatic carbocycles. The lowest BCUT2D eigenvalue weighted by Gasteiger charge is -2.13. The summed E-state index contributed by atoms with van der Waals surface area (Å²) in [7, 11) is 4.14. The van der Waals surface area contributed by atoms with Crippen LogP contribution in [0.1, 0.15) is 25.0 Å². The summed E-state index contributed by atoms with van der Waals surface area (Å²) in [6.07, 6.45) is 0. The molecule has 0 atom stereocenters. The first-order chi connectivity index (χ1) is 8.99. The molecule has 3 N–H and O–H groups in total. The topological polar surface area (TPSA) is 53.6 Å². The van der Waals surface area contributed by atoms with Gasteiger partial charge < -0.3 is 16.0 Å². The first-order valence-corrected chi connectivity index (χ1v) is 6.74. The molecule has 0 radical (unpaired) electrons. The normalized spacial score (nSPS) is 11.6. The van der Waals surface area contributed by atoms with Crippen LogP contribution >= 0.6 is 24.0 Å². The van der Waals surface area contributed by atoms with Crippen molar-refractivity contribution in [2.75, 3.05) is 20.6 Å². The third-order valence-corrected chi connectivity index (χ3v) is 2.72. The maximum Gasteiger partial charge on any atom is 0.188 e. The number of rotatable bonds is 6. The molecule has 0 aromatic heterocycles. The molecule has 5 heteroatoms. The van der Waals surface area contributed by atoms with Crippen LogP contribution in [0.4, 0.5) is 0 Å². The number of hydrogen-bond acceptors (Lipinski definition) is 2. The van der Waals surface area contributed by atoms with Gasteiger partial charge in [-0.25, -0.2) is 4.99 Å². The van der Waals surface area contributed by atoms with Gasteiger partial charge in [0.05, 0.1) is 6.54 Å². The monoisotopic (exact) mass is 390 g/mol. The van der Waals surface area contributed by atoms with E-state index in [1.165, 1.54) is 11.1 Å². The minimum absolute atomic E-state index is 0. The van der Waals surface area contributed by atoms with Crippen molar-refractivity contribution in [2.45, 2.75) is 26.9 Å². The lowest BCUT2D eigenvalue weighted by atomic mass is 10.1. The van der Waals surface area contributed by atoms with Crippen molar-refractivity contribution in [3.63, 3.8) is 0 Å². The minimum Gasteiger partial charge on any atom is -0.370 e. The predicted molar refractivity (Wildman–Crippen MR) is 97.4 cm³/mol. The Balaban J connectivity index is 0.00000361. The molecular weight excluding hydrogens is 363 g/mol. The summed E-state index contributed by atoms with van der Waals surface area (Å²) in [6, 6.07) is 8.36. The van der Waals surface area contributed by atoms with Crippen LogP contribution in [0, 0.1) is 5.92 Å². The van der Waals surface area contributed by atoms with Gasteiger partial charge in [-0.3, -0.25) is 0 Å². The third-order valence-electron chi connectivity index (χ3n) is 2.72. The Labute approximate surface area is 139 Å². The van der Waals surface area contributed by atoms with Crippen LogP contribution in [0.15, 0.2) is 29.3 Å². The Morgan fingerprint density at radius 3 is 2.40 bits per heavy atom. The number of nitrogens with two attached hydrogens (primary N) is 1. The van der Waals surface area contributed by atoms with Crippen LogP contribution in [0.25, 0.3) is 0 Å². The van der Waals surface area contributed by atoms with Crippen molar-refractivity contribution in [3.05, 3.63) is 35.4 Å². The number of aliphatic imine (C=N–C) groups is 1. The Bertz CT molecular complexity index is 416. The van der Waals surface area contributed by atoms with E-state index in [0.29, 0.717) is 18.4 Å². The zero-order valence-corrected chi connectivity index (χ0v) is 15.2.